The van der Waals surface area contributed by atoms with Crippen LogP contribution in [0.1, 0.15) is 49.6 Å². The van der Waals surface area contributed by atoms with Gasteiger partial charge in [0.15, 0.2) is 17.1 Å². The molecule has 2 aromatic rings. The molecule has 22 heavy (non-hydrogen) atoms. The van der Waals surface area contributed by atoms with E-state index < -0.39 is 18.4 Å². The Hall–Kier alpha value is -2.15. The predicted molar refractivity (Wildman–Crippen MR) is 81.3 cm³/mol. The highest BCUT2D eigenvalue weighted by Gasteiger charge is 2.21. The fraction of sp³-hybridized carbons (Fsp3) is 0.267. The SMILES string of the molecule is CC(=O)c1c(C)[nH]c(C(=O)COC(=O)c2ccc(Br)o2)c1C. The van der Waals surface area contributed by atoms with E-state index >= 15 is 0 Å². The smallest absolute Gasteiger partial charge is 0.374 e. The number of nitrogens with one attached hydrogen (secondary N) is 1. The molecule has 0 fully saturated rings. The molecule has 0 radical (unpaired) electrons. The van der Waals surface area contributed by atoms with Crippen molar-refractivity contribution in [1.82, 2.24) is 4.98 Å². The molecule has 1 N–H and O–H groups in total. The third kappa shape index (κ3) is 3.19. The molecule has 0 aliphatic heterocycles. The van der Waals surface area contributed by atoms with Crippen LogP contribution < -0.4 is 0 Å². The number of halogens is 1. The van der Waals surface area contributed by atoms with Gasteiger partial charge in [0.2, 0.25) is 11.5 Å². The first-order chi connectivity index (χ1) is 10.3. The zero-order chi connectivity index (χ0) is 16.4. The summed E-state index contributed by atoms with van der Waals surface area (Å²) in [6.45, 7) is 4.40. The van der Waals surface area contributed by atoms with E-state index in [4.69, 9.17) is 9.15 Å². The van der Waals surface area contributed by atoms with Crippen LogP contribution in [0.4, 0.5) is 0 Å². The molecule has 116 valence electrons. The average Bonchev–Trinajstić information content (AvgIpc) is 2.99. The van der Waals surface area contributed by atoms with Crippen LogP contribution >= 0.6 is 15.9 Å². The molecular weight excluding hydrogens is 354 g/mol. The summed E-state index contributed by atoms with van der Waals surface area (Å²) in [5, 5.41) is 0. The summed E-state index contributed by atoms with van der Waals surface area (Å²) in [5.74, 6) is -1.26. The van der Waals surface area contributed by atoms with Crippen molar-refractivity contribution in [2.24, 2.45) is 0 Å². The lowest BCUT2D eigenvalue weighted by molar-refractivity contribution is 0.0441. The van der Waals surface area contributed by atoms with E-state index in [2.05, 4.69) is 20.9 Å². The molecule has 0 unspecified atom stereocenters. The maximum Gasteiger partial charge on any atom is 0.374 e. The predicted octanol–water partition coefficient (Wildman–Crippen LogP) is 3.23. The summed E-state index contributed by atoms with van der Waals surface area (Å²) >= 11 is 3.07. The molecule has 2 rings (SSSR count). The molecule has 0 bridgehead atoms. The standard InChI is InChI=1S/C15H14BrNO5/c1-7-13(9(3)18)8(2)17-14(7)10(19)6-21-15(20)11-4-5-12(16)22-11/h4-5,17H,6H2,1-3H3. The van der Waals surface area contributed by atoms with Gasteiger partial charge in [0.05, 0.1) is 5.69 Å². The van der Waals surface area contributed by atoms with Gasteiger partial charge >= 0.3 is 5.97 Å². The number of aromatic nitrogens is 1. The van der Waals surface area contributed by atoms with Crippen molar-refractivity contribution < 1.29 is 23.5 Å². The molecule has 0 spiro atoms. The highest BCUT2D eigenvalue weighted by atomic mass is 79.9. The molecule has 6 nitrogen and oxygen atoms in total. The van der Waals surface area contributed by atoms with Crippen LogP contribution in [-0.2, 0) is 4.74 Å². The van der Waals surface area contributed by atoms with Crippen LogP contribution in [-0.4, -0.2) is 29.1 Å². The van der Waals surface area contributed by atoms with E-state index in [0.717, 1.165) is 0 Å². The molecule has 2 heterocycles. The molecular formula is C15H14BrNO5. The summed E-state index contributed by atoms with van der Waals surface area (Å²) < 4.78 is 10.4. The van der Waals surface area contributed by atoms with Gasteiger partial charge in [-0.3, -0.25) is 9.59 Å². The van der Waals surface area contributed by atoms with Crippen molar-refractivity contribution in [3.05, 3.63) is 45.1 Å². The fourth-order valence-electron chi connectivity index (χ4n) is 2.26. The van der Waals surface area contributed by atoms with Crippen LogP contribution in [0.5, 0.6) is 0 Å². The Balaban J connectivity index is 2.09. The molecule has 0 saturated heterocycles. The van der Waals surface area contributed by atoms with Gasteiger partial charge in [-0.15, -0.1) is 0 Å². The molecule has 0 aliphatic carbocycles. The van der Waals surface area contributed by atoms with Crippen LogP contribution in [0, 0.1) is 13.8 Å². The number of ether oxygens (including phenoxy) is 1. The average molecular weight is 368 g/mol. The summed E-state index contributed by atoms with van der Waals surface area (Å²) in [7, 11) is 0. The largest absolute Gasteiger partial charge is 0.451 e. The molecule has 7 heteroatoms. The van der Waals surface area contributed by atoms with Crippen molar-refractivity contribution in [2.45, 2.75) is 20.8 Å². The second-order valence-electron chi connectivity index (χ2n) is 4.78. The third-order valence-corrected chi connectivity index (χ3v) is 3.60. The van der Waals surface area contributed by atoms with E-state index in [1.54, 1.807) is 19.9 Å². The van der Waals surface area contributed by atoms with Crippen molar-refractivity contribution in [2.75, 3.05) is 6.61 Å². The number of aryl methyl sites for hydroxylation is 1. The Morgan fingerprint density at radius 3 is 2.45 bits per heavy atom. The topological polar surface area (TPSA) is 89.4 Å². The van der Waals surface area contributed by atoms with Gasteiger partial charge in [-0.1, -0.05) is 0 Å². The molecule has 0 atom stereocenters. The highest BCUT2D eigenvalue weighted by molar-refractivity contribution is 9.10. The van der Waals surface area contributed by atoms with Gasteiger partial charge in [0.25, 0.3) is 0 Å². The molecule has 0 aliphatic rings. The van der Waals surface area contributed by atoms with Gasteiger partial charge < -0.3 is 14.1 Å². The summed E-state index contributed by atoms with van der Waals surface area (Å²) in [5.41, 5.74) is 1.95. The number of hydrogen-bond donors (Lipinski definition) is 1. The number of carbonyl (C=O) groups excluding carboxylic acids is 3. The Morgan fingerprint density at radius 1 is 1.27 bits per heavy atom. The molecule has 0 amide bonds. The quantitative estimate of drug-likeness (QED) is 0.647. The van der Waals surface area contributed by atoms with Crippen LogP contribution in [0.15, 0.2) is 21.2 Å². The Morgan fingerprint density at radius 2 is 1.95 bits per heavy atom. The zero-order valence-corrected chi connectivity index (χ0v) is 13.9. The number of rotatable bonds is 5. The number of carbonyl (C=O) groups is 3. The number of esters is 1. The lowest BCUT2D eigenvalue weighted by Crippen LogP contribution is -2.15. The number of aromatic amines is 1. The minimum atomic E-state index is -0.730. The number of ketones is 2. The number of Topliss-reactive ketones (excluding diaryl/α,β-unsaturated/α-hetero) is 2. The zero-order valence-electron chi connectivity index (χ0n) is 12.3. The minimum absolute atomic E-state index is 0.00323. The minimum Gasteiger partial charge on any atom is -0.451 e. The van der Waals surface area contributed by atoms with Crippen LogP contribution in [0.3, 0.4) is 0 Å². The lowest BCUT2D eigenvalue weighted by atomic mass is 10.1. The maximum absolute atomic E-state index is 12.1. The van der Waals surface area contributed by atoms with Crippen LogP contribution in [0.2, 0.25) is 0 Å². The van der Waals surface area contributed by atoms with Gasteiger partial charge in [0, 0.05) is 11.3 Å². The number of hydrogen-bond acceptors (Lipinski definition) is 5. The van der Waals surface area contributed by atoms with Gasteiger partial charge in [-0.05, 0) is 54.4 Å². The van der Waals surface area contributed by atoms with Crippen molar-refractivity contribution in [3.63, 3.8) is 0 Å². The first kappa shape index (κ1) is 16.2. The maximum atomic E-state index is 12.1. The second-order valence-corrected chi connectivity index (χ2v) is 5.57. The van der Waals surface area contributed by atoms with E-state index in [9.17, 15) is 14.4 Å². The Labute approximate surface area is 135 Å². The van der Waals surface area contributed by atoms with Crippen molar-refractivity contribution in [1.29, 1.82) is 0 Å². The lowest BCUT2D eigenvalue weighted by Gasteiger charge is -2.02. The normalized spacial score (nSPS) is 10.5. The van der Waals surface area contributed by atoms with Crippen molar-refractivity contribution in [3.8, 4) is 0 Å². The third-order valence-electron chi connectivity index (χ3n) is 3.18. The monoisotopic (exact) mass is 367 g/mol. The van der Waals surface area contributed by atoms with E-state index in [-0.39, 0.29) is 17.2 Å². The van der Waals surface area contributed by atoms with E-state index in [1.165, 1.54) is 13.0 Å². The van der Waals surface area contributed by atoms with Crippen LogP contribution in [0.25, 0.3) is 0 Å². The summed E-state index contributed by atoms with van der Waals surface area (Å²) in [4.78, 5) is 38.3. The van der Waals surface area contributed by atoms with E-state index in [0.29, 0.717) is 21.5 Å². The van der Waals surface area contributed by atoms with Gasteiger partial charge in [0.1, 0.15) is 0 Å². The fourth-order valence-corrected chi connectivity index (χ4v) is 2.56. The van der Waals surface area contributed by atoms with Crippen molar-refractivity contribution >= 4 is 33.5 Å². The number of furan rings is 1. The van der Waals surface area contributed by atoms with E-state index in [1.807, 2.05) is 0 Å². The molecule has 0 saturated carbocycles. The summed E-state index contributed by atoms with van der Waals surface area (Å²) in [6, 6.07) is 2.99. The Kier molecular flexibility index (Phi) is 4.65. The number of H-pyrrole nitrogens is 1. The van der Waals surface area contributed by atoms with Gasteiger partial charge in [-0.2, -0.15) is 0 Å². The first-order valence-electron chi connectivity index (χ1n) is 6.47. The highest BCUT2D eigenvalue weighted by Crippen LogP contribution is 2.19. The second kappa shape index (κ2) is 6.31. The molecule has 2 aromatic heterocycles. The molecule has 0 aromatic carbocycles. The van der Waals surface area contributed by atoms with Gasteiger partial charge in [-0.25, -0.2) is 4.79 Å². The Bertz CT molecular complexity index is 756. The first-order valence-corrected chi connectivity index (χ1v) is 7.26. The summed E-state index contributed by atoms with van der Waals surface area (Å²) in [6.07, 6.45) is 0.